The topological polar surface area (TPSA) is 21.3 Å². The number of fused-ring (bicyclic) bond motifs is 19. The maximum absolute atomic E-state index is 7.64. The summed E-state index contributed by atoms with van der Waals surface area (Å²) in [5.74, 6) is 0. The minimum atomic E-state index is -0.273. The van der Waals surface area contributed by atoms with Crippen LogP contribution in [0.2, 0.25) is 0 Å². The molecule has 0 bridgehead atoms. The number of aromatic nitrogens is 1. The minimum Gasteiger partial charge on any atom is -0.466 e. The number of benzene rings is 7. The molecule has 2 aromatic heterocycles. The zero-order valence-electron chi connectivity index (χ0n) is 43.8. The van der Waals surface area contributed by atoms with Crippen LogP contribution in [0.1, 0.15) is 154 Å². The van der Waals surface area contributed by atoms with Crippen LogP contribution in [-0.4, -0.2) is 11.4 Å². The van der Waals surface area contributed by atoms with Crippen LogP contribution in [-0.2, 0) is 32.5 Å². The molecule has 3 aliphatic carbocycles. The summed E-state index contributed by atoms with van der Waals surface area (Å²) in [6.45, 7) is 33.5. The van der Waals surface area contributed by atoms with Crippen molar-refractivity contribution in [2.45, 2.75) is 142 Å². The van der Waals surface area contributed by atoms with E-state index in [0.29, 0.717) is 0 Å². The first-order valence-electron chi connectivity index (χ1n) is 26.1. The average molecular weight is 913 g/mol. The van der Waals surface area contributed by atoms with Gasteiger partial charge >= 0.3 is 6.85 Å². The summed E-state index contributed by atoms with van der Waals surface area (Å²) >= 11 is 0. The van der Waals surface area contributed by atoms with Crippen LogP contribution in [0, 0.1) is 0 Å². The standard InChI is InChI=1S/C66H65BN2O/c1-61(2,3)36-23-26-38(27-24-36)69-51-34-41-39-19-15-17-21-45(39)65(11,12)47(41)32-43(51)54-53-40-20-16-18-22-46(40)66(13,14)56(53)55-42-33-48-49(64(9,10)30-29-63(48,7)8)35-50(42)68-58-44-31-37(62(4,5)6)25-28-52(44)70-60(58)67(69)57(54)59(55)68/h15-28,31-35H,29-30H2,1-14H3. The Kier molecular flexibility index (Phi) is 7.90. The van der Waals surface area contributed by atoms with Crippen molar-refractivity contribution < 1.29 is 4.42 Å². The summed E-state index contributed by atoms with van der Waals surface area (Å²) in [6.07, 6.45) is 2.33. The van der Waals surface area contributed by atoms with Crippen LogP contribution >= 0.6 is 0 Å². The Morgan fingerprint density at radius 2 is 1.14 bits per heavy atom. The lowest BCUT2D eigenvalue weighted by atomic mass is 9.45. The van der Waals surface area contributed by atoms with Gasteiger partial charge in [-0.05, 0) is 161 Å². The van der Waals surface area contributed by atoms with E-state index in [0.717, 1.165) is 17.7 Å². The van der Waals surface area contributed by atoms with E-state index in [1.165, 1.54) is 134 Å². The highest BCUT2D eigenvalue weighted by Gasteiger charge is 2.53. The Morgan fingerprint density at radius 3 is 1.81 bits per heavy atom. The second kappa shape index (κ2) is 13.0. The van der Waals surface area contributed by atoms with Gasteiger partial charge < -0.3 is 13.8 Å². The maximum Gasteiger partial charge on any atom is 0.375 e. The van der Waals surface area contributed by atoms with Crippen molar-refractivity contribution >= 4 is 62.1 Å². The zero-order chi connectivity index (χ0) is 48.7. The molecule has 348 valence electrons. The largest absolute Gasteiger partial charge is 0.466 e. The van der Waals surface area contributed by atoms with Crippen LogP contribution in [0.3, 0.4) is 0 Å². The van der Waals surface area contributed by atoms with Gasteiger partial charge in [0.25, 0.3) is 0 Å². The SMILES string of the molecule is CC(C)(C)c1ccc(N2B3c4oc5ccc(C(C)(C)C)cc5c4-n4c5cc6c(cc5c5c7c(c(c3c54)-c3cc4c(cc32)-c2ccccc2C4(C)C)-c2ccccc2C7(C)C)C(C)(C)CCC6(C)C)cc1. The van der Waals surface area contributed by atoms with Crippen molar-refractivity contribution in [1.82, 2.24) is 4.57 Å². The third-order valence-electron chi connectivity index (χ3n) is 18.5. The van der Waals surface area contributed by atoms with Gasteiger partial charge in [-0.15, -0.1) is 0 Å². The van der Waals surface area contributed by atoms with Gasteiger partial charge in [0, 0.05) is 43.9 Å². The third kappa shape index (κ3) is 5.18. The highest BCUT2D eigenvalue weighted by Crippen LogP contribution is 2.62. The van der Waals surface area contributed by atoms with Gasteiger partial charge in [0.2, 0.25) is 0 Å². The van der Waals surface area contributed by atoms with Gasteiger partial charge in [0.1, 0.15) is 11.2 Å². The Hall–Kier alpha value is -6.26. The quantitative estimate of drug-likeness (QED) is 0.153. The van der Waals surface area contributed by atoms with Gasteiger partial charge in [-0.1, -0.05) is 164 Å². The molecule has 9 aromatic rings. The molecule has 14 rings (SSSR count). The third-order valence-corrected chi connectivity index (χ3v) is 18.5. The molecule has 7 aromatic carbocycles. The number of nitrogens with zero attached hydrogens (tertiary/aromatic N) is 2. The van der Waals surface area contributed by atoms with Gasteiger partial charge in [-0.2, -0.15) is 0 Å². The van der Waals surface area contributed by atoms with Gasteiger partial charge in [-0.25, -0.2) is 0 Å². The average Bonchev–Trinajstić information content (AvgIpc) is 3.99. The number of furan rings is 1. The monoisotopic (exact) mass is 913 g/mol. The lowest BCUT2D eigenvalue weighted by Gasteiger charge is -2.42. The molecule has 2 aliphatic heterocycles. The number of hydrogen-bond donors (Lipinski definition) is 0. The molecule has 0 radical (unpaired) electrons. The second-order valence-corrected chi connectivity index (χ2v) is 26.4. The molecule has 70 heavy (non-hydrogen) atoms. The first kappa shape index (κ1) is 42.6. The van der Waals surface area contributed by atoms with Crippen molar-refractivity contribution in [3.63, 3.8) is 0 Å². The van der Waals surface area contributed by atoms with Crippen molar-refractivity contribution in [1.29, 1.82) is 0 Å². The van der Waals surface area contributed by atoms with Crippen LogP contribution in [0.5, 0.6) is 0 Å². The predicted octanol–water partition coefficient (Wildman–Crippen LogP) is 16.3. The van der Waals surface area contributed by atoms with Crippen molar-refractivity contribution in [3.05, 3.63) is 160 Å². The smallest absolute Gasteiger partial charge is 0.375 e. The Bertz CT molecular complexity index is 3850. The molecule has 0 unspecified atom stereocenters. The number of hydrogen-bond acceptors (Lipinski definition) is 2. The highest BCUT2D eigenvalue weighted by molar-refractivity contribution is 6.93. The second-order valence-electron chi connectivity index (χ2n) is 26.4. The molecule has 0 spiro atoms. The van der Waals surface area contributed by atoms with Gasteiger partial charge in [0.15, 0.2) is 0 Å². The van der Waals surface area contributed by atoms with Crippen molar-refractivity contribution in [3.8, 4) is 39.1 Å². The van der Waals surface area contributed by atoms with Gasteiger partial charge in [0.05, 0.1) is 16.7 Å². The maximum atomic E-state index is 7.64. The molecule has 4 heteroatoms. The summed E-state index contributed by atoms with van der Waals surface area (Å²) < 4.78 is 10.4. The molecular weight excluding hydrogens is 848 g/mol. The van der Waals surface area contributed by atoms with E-state index in [1.807, 2.05) is 0 Å². The molecule has 0 saturated carbocycles. The van der Waals surface area contributed by atoms with E-state index in [2.05, 4.69) is 222 Å². The lowest BCUT2D eigenvalue weighted by Crippen LogP contribution is -2.60. The molecule has 0 fully saturated rings. The van der Waals surface area contributed by atoms with Crippen LogP contribution in [0.4, 0.5) is 11.4 Å². The van der Waals surface area contributed by atoms with E-state index in [1.54, 1.807) is 0 Å². The van der Waals surface area contributed by atoms with E-state index in [9.17, 15) is 0 Å². The predicted molar refractivity (Wildman–Crippen MR) is 297 cm³/mol. The molecule has 0 saturated heterocycles. The highest BCUT2D eigenvalue weighted by atomic mass is 16.3. The summed E-state index contributed by atoms with van der Waals surface area (Å²) in [5.41, 5.74) is 28.5. The summed E-state index contributed by atoms with van der Waals surface area (Å²) in [6, 6.07) is 45.6. The van der Waals surface area contributed by atoms with E-state index in [4.69, 9.17) is 4.42 Å². The first-order chi connectivity index (χ1) is 33.0. The fraction of sp³-hybridized carbons (Fsp3) is 0.333. The summed E-state index contributed by atoms with van der Waals surface area (Å²) in [7, 11) is 0. The number of anilines is 2. The van der Waals surface area contributed by atoms with Crippen molar-refractivity contribution in [2.75, 3.05) is 4.81 Å². The fourth-order valence-corrected chi connectivity index (χ4v) is 14.5. The molecule has 0 N–H and O–H groups in total. The van der Waals surface area contributed by atoms with Gasteiger partial charge in [-0.3, -0.25) is 0 Å². The normalized spacial score (nSPS) is 18.1. The van der Waals surface area contributed by atoms with Crippen LogP contribution < -0.4 is 15.9 Å². The zero-order valence-corrected chi connectivity index (χ0v) is 43.8. The molecule has 0 amide bonds. The van der Waals surface area contributed by atoms with E-state index >= 15 is 0 Å². The van der Waals surface area contributed by atoms with Crippen molar-refractivity contribution in [2.24, 2.45) is 0 Å². The fourth-order valence-electron chi connectivity index (χ4n) is 14.5. The molecular formula is C66H65BN2O. The lowest BCUT2D eigenvalue weighted by molar-refractivity contribution is 0.332. The first-order valence-corrected chi connectivity index (χ1v) is 26.1. The summed E-state index contributed by atoms with van der Waals surface area (Å²) in [4.78, 5) is 2.69. The van der Waals surface area contributed by atoms with E-state index in [-0.39, 0.29) is 39.3 Å². The van der Waals surface area contributed by atoms with E-state index < -0.39 is 0 Å². The Balaban J connectivity index is 1.25. The Labute approximate surface area is 415 Å². The molecule has 4 heterocycles. The van der Waals surface area contributed by atoms with Crippen LogP contribution in [0.15, 0.2) is 120 Å². The molecule has 0 atom stereocenters. The Morgan fingerprint density at radius 1 is 0.529 bits per heavy atom. The number of rotatable bonds is 1. The summed E-state index contributed by atoms with van der Waals surface area (Å²) in [5, 5.41) is 3.96. The minimum absolute atomic E-state index is 0.0126. The molecule has 5 aliphatic rings. The van der Waals surface area contributed by atoms with Crippen LogP contribution in [0.25, 0.3) is 71.8 Å². The molecule has 3 nitrogen and oxygen atoms in total.